The highest BCUT2D eigenvalue weighted by atomic mass is 19.1. The molecule has 0 spiro atoms. The Morgan fingerprint density at radius 3 is 2.68 bits per heavy atom. The number of benzene rings is 1. The number of hydrogen-bond acceptors (Lipinski definition) is 3. The highest BCUT2D eigenvalue weighted by Crippen LogP contribution is 2.54. The van der Waals surface area contributed by atoms with Crippen LogP contribution in [0.5, 0.6) is 0 Å². The third-order valence-corrected chi connectivity index (χ3v) is 3.86. The first-order valence-corrected chi connectivity index (χ1v) is 7.21. The molecule has 1 aromatic carbocycles. The molecule has 0 radical (unpaired) electrons. The van der Waals surface area contributed by atoms with E-state index in [2.05, 4.69) is 5.32 Å². The molecular formula is C16H21F2NO3. The third-order valence-electron chi connectivity index (χ3n) is 3.86. The predicted octanol–water partition coefficient (Wildman–Crippen LogP) is 2.74. The number of hydrogen-bond donors (Lipinski definition) is 2. The van der Waals surface area contributed by atoms with Gasteiger partial charge < -0.3 is 15.2 Å². The zero-order valence-corrected chi connectivity index (χ0v) is 13.0. The van der Waals surface area contributed by atoms with E-state index in [1.54, 1.807) is 20.8 Å². The second-order valence-electron chi connectivity index (χ2n) is 6.72. The van der Waals surface area contributed by atoms with E-state index in [4.69, 9.17) is 4.74 Å². The van der Waals surface area contributed by atoms with Crippen LogP contribution in [0.2, 0.25) is 0 Å². The summed E-state index contributed by atoms with van der Waals surface area (Å²) >= 11 is 0. The van der Waals surface area contributed by atoms with Gasteiger partial charge in [0.05, 0.1) is 0 Å². The monoisotopic (exact) mass is 313 g/mol. The molecule has 0 unspecified atom stereocenters. The Morgan fingerprint density at radius 1 is 1.45 bits per heavy atom. The second-order valence-corrected chi connectivity index (χ2v) is 6.72. The van der Waals surface area contributed by atoms with Crippen LogP contribution in [0.3, 0.4) is 0 Å². The minimum absolute atomic E-state index is 0.0908. The van der Waals surface area contributed by atoms with Crippen LogP contribution in [0, 0.1) is 17.6 Å². The summed E-state index contributed by atoms with van der Waals surface area (Å²) in [7, 11) is 0. The van der Waals surface area contributed by atoms with E-state index in [0.717, 1.165) is 18.2 Å². The standard InChI is InChI=1S/C16H21F2NO3/c1-15(2,3)22-14(21)19-9-16(7-10(16)8-20)12-6-11(17)4-5-13(12)18/h4-6,10,20H,7-9H2,1-3H3,(H,19,21)/t10-,16-/m0/s1. The van der Waals surface area contributed by atoms with Gasteiger partial charge in [-0.1, -0.05) is 0 Å². The van der Waals surface area contributed by atoms with Gasteiger partial charge in [0, 0.05) is 18.6 Å². The Balaban J connectivity index is 2.14. The molecule has 1 aliphatic carbocycles. The minimum atomic E-state index is -0.780. The quantitative estimate of drug-likeness (QED) is 0.898. The average Bonchev–Trinajstić information content (AvgIpc) is 3.12. The highest BCUT2D eigenvalue weighted by molar-refractivity contribution is 5.68. The van der Waals surface area contributed by atoms with Gasteiger partial charge in [-0.05, 0) is 56.9 Å². The first-order chi connectivity index (χ1) is 10.2. The topological polar surface area (TPSA) is 58.6 Å². The van der Waals surface area contributed by atoms with Gasteiger partial charge in [0.2, 0.25) is 0 Å². The lowest BCUT2D eigenvalue weighted by atomic mass is 9.92. The summed E-state index contributed by atoms with van der Waals surface area (Å²) in [5.41, 5.74) is -1.23. The predicted molar refractivity (Wildman–Crippen MR) is 77.5 cm³/mol. The molecule has 2 N–H and O–H groups in total. The Bertz CT molecular complexity index is 571. The van der Waals surface area contributed by atoms with Crippen molar-refractivity contribution in [2.75, 3.05) is 13.2 Å². The summed E-state index contributed by atoms with van der Waals surface area (Å²) in [6.45, 7) is 5.16. The molecule has 0 saturated heterocycles. The van der Waals surface area contributed by atoms with E-state index in [1.807, 2.05) is 0 Å². The van der Waals surface area contributed by atoms with Gasteiger partial charge in [0.1, 0.15) is 17.2 Å². The molecule has 0 aromatic heterocycles. The van der Waals surface area contributed by atoms with Gasteiger partial charge in [0.15, 0.2) is 0 Å². The van der Waals surface area contributed by atoms with Gasteiger partial charge in [-0.25, -0.2) is 13.6 Å². The van der Waals surface area contributed by atoms with Gasteiger partial charge in [-0.15, -0.1) is 0 Å². The normalized spacial score (nSPS) is 24.0. The number of aliphatic hydroxyl groups is 1. The molecule has 6 heteroatoms. The molecule has 22 heavy (non-hydrogen) atoms. The van der Waals surface area contributed by atoms with Gasteiger partial charge in [-0.2, -0.15) is 0 Å². The van der Waals surface area contributed by atoms with Crippen LogP contribution in [0.25, 0.3) is 0 Å². The number of ether oxygens (including phenoxy) is 1. The zero-order valence-electron chi connectivity index (χ0n) is 13.0. The number of alkyl carbamates (subject to hydrolysis) is 1. The lowest BCUT2D eigenvalue weighted by Gasteiger charge is -2.23. The molecule has 0 heterocycles. The van der Waals surface area contributed by atoms with Crippen molar-refractivity contribution in [1.29, 1.82) is 0 Å². The third kappa shape index (κ3) is 3.55. The van der Waals surface area contributed by atoms with Crippen molar-refractivity contribution in [3.05, 3.63) is 35.4 Å². The van der Waals surface area contributed by atoms with Gasteiger partial charge >= 0.3 is 6.09 Å². The van der Waals surface area contributed by atoms with E-state index in [1.165, 1.54) is 0 Å². The maximum absolute atomic E-state index is 14.0. The SMILES string of the molecule is CC(C)(C)OC(=O)NC[C@@]1(c2cc(F)ccc2F)C[C@H]1CO. The van der Waals surface area contributed by atoms with Crippen molar-refractivity contribution in [3.8, 4) is 0 Å². The van der Waals surface area contributed by atoms with Crippen molar-refractivity contribution < 1.29 is 23.4 Å². The Labute approximate surface area is 128 Å². The first kappa shape index (κ1) is 16.7. The fraction of sp³-hybridized carbons (Fsp3) is 0.562. The molecule has 0 aliphatic heterocycles. The summed E-state index contributed by atoms with van der Waals surface area (Å²) in [6.07, 6.45) is -0.132. The molecule has 2 atom stereocenters. The fourth-order valence-corrected chi connectivity index (χ4v) is 2.68. The lowest BCUT2D eigenvalue weighted by molar-refractivity contribution is 0.0520. The average molecular weight is 313 g/mol. The van der Waals surface area contributed by atoms with E-state index in [9.17, 15) is 18.7 Å². The number of rotatable bonds is 4. The first-order valence-electron chi connectivity index (χ1n) is 7.21. The van der Waals surface area contributed by atoms with Crippen molar-refractivity contribution in [2.24, 2.45) is 5.92 Å². The molecule has 1 amide bonds. The number of nitrogens with one attached hydrogen (secondary N) is 1. The molecule has 2 rings (SSSR count). The highest BCUT2D eigenvalue weighted by Gasteiger charge is 2.56. The molecule has 122 valence electrons. The molecule has 1 aliphatic rings. The van der Waals surface area contributed by atoms with Crippen LogP contribution in [0.1, 0.15) is 32.8 Å². The summed E-state index contributed by atoms with van der Waals surface area (Å²) < 4.78 is 32.6. The van der Waals surface area contributed by atoms with E-state index < -0.39 is 28.7 Å². The van der Waals surface area contributed by atoms with Crippen LogP contribution in [-0.4, -0.2) is 30.0 Å². The second kappa shape index (κ2) is 5.83. The number of amides is 1. The fourth-order valence-electron chi connectivity index (χ4n) is 2.68. The Hall–Kier alpha value is -1.69. The molecule has 1 fully saturated rings. The van der Waals surface area contributed by atoms with E-state index in [-0.39, 0.29) is 24.6 Å². The van der Waals surface area contributed by atoms with Crippen LogP contribution in [0.15, 0.2) is 18.2 Å². The largest absolute Gasteiger partial charge is 0.444 e. The molecule has 1 saturated carbocycles. The summed E-state index contributed by atoms with van der Waals surface area (Å²) in [6, 6.07) is 3.23. The number of halogens is 2. The van der Waals surface area contributed by atoms with E-state index >= 15 is 0 Å². The Morgan fingerprint density at radius 2 is 2.14 bits per heavy atom. The van der Waals surface area contributed by atoms with Crippen molar-refractivity contribution >= 4 is 6.09 Å². The minimum Gasteiger partial charge on any atom is -0.444 e. The van der Waals surface area contributed by atoms with E-state index in [0.29, 0.717) is 6.42 Å². The zero-order chi connectivity index (χ0) is 16.5. The van der Waals surface area contributed by atoms with Gasteiger partial charge in [0.25, 0.3) is 0 Å². The maximum atomic E-state index is 14.0. The van der Waals surface area contributed by atoms with Crippen LogP contribution >= 0.6 is 0 Å². The van der Waals surface area contributed by atoms with Crippen molar-refractivity contribution in [3.63, 3.8) is 0 Å². The summed E-state index contributed by atoms with van der Waals surface area (Å²) in [5.74, 6) is -1.29. The molecular weight excluding hydrogens is 292 g/mol. The molecule has 4 nitrogen and oxygen atoms in total. The van der Waals surface area contributed by atoms with Crippen molar-refractivity contribution in [2.45, 2.75) is 38.2 Å². The van der Waals surface area contributed by atoms with Crippen LogP contribution < -0.4 is 5.32 Å². The number of carbonyl (C=O) groups excluding carboxylic acids is 1. The van der Waals surface area contributed by atoms with Gasteiger partial charge in [-0.3, -0.25) is 0 Å². The lowest BCUT2D eigenvalue weighted by Crippen LogP contribution is -2.38. The van der Waals surface area contributed by atoms with Crippen LogP contribution in [-0.2, 0) is 10.2 Å². The Kier molecular flexibility index (Phi) is 4.42. The summed E-state index contributed by atoms with van der Waals surface area (Å²) in [4.78, 5) is 11.7. The molecule has 0 bridgehead atoms. The smallest absolute Gasteiger partial charge is 0.407 e. The molecule has 1 aromatic rings. The number of carbonyl (C=O) groups is 1. The maximum Gasteiger partial charge on any atom is 0.407 e. The van der Waals surface area contributed by atoms with Crippen LogP contribution in [0.4, 0.5) is 13.6 Å². The van der Waals surface area contributed by atoms with Crippen molar-refractivity contribution in [1.82, 2.24) is 5.32 Å². The number of aliphatic hydroxyl groups excluding tert-OH is 1. The summed E-state index contributed by atoms with van der Waals surface area (Å²) in [5, 5.41) is 11.9.